The topological polar surface area (TPSA) is 112 Å². The van der Waals surface area contributed by atoms with Crippen LogP contribution in [0.3, 0.4) is 0 Å². The number of rotatable bonds is 6. The van der Waals surface area contributed by atoms with E-state index < -0.39 is 5.91 Å². The molecule has 11 heteroatoms. The highest BCUT2D eigenvalue weighted by Gasteiger charge is 2.21. The van der Waals surface area contributed by atoms with Gasteiger partial charge in [-0.2, -0.15) is 15.3 Å². The molecule has 176 valence electrons. The summed E-state index contributed by atoms with van der Waals surface area (Å²) in [6.07, 6.45) is 3.02. The van der Waals surface area contributed by atoms with Crippen LogP contribution in [0, 0.1) is 20.8 Å². The number of carbonyl (C=O) groups excluding carboxylic acids is 2. The van der Waals surface area contributed by atoms with Gasteiger partial charge in [0.15, 0.2) is 0 Å². The summed E-state index contributed by atoms with van der Waals surface area (Å²) in [4.78, 5) is 25.7. The fourth-order valence-corrected chi connectivity index (χ4v) is 3.69. The van der Waals surface area contributed by atoms with E-state index in [1.54, 1.807) is 37.1 Å². The van der Waals surface area contributed by atoms with E-state index in [2.05, 4.69) is 25.9 Å². The fraction of sp³-hybridized carbons (Fsp3) is 0.261. The second-order valence-electron chi connectivity index (χ2n) is 8.05. The molecule has 0 aliphatic rings. The highest BCUT2D eigenvalue weighted by molar-refractivity contribution is 6.31. The van der Waals surface area contributed by atoms with Gasteiger partial charge in [0.2, 0.25) is 0 Å². The minimum atomic E-state index is -0.398. The Kier molecular flexibility index (Phi) is 6.25. The van der Waals surface area contributed by atoms with Crippen molar-refractivity contribution in [3.63, 3.8) is 0 Å². The van der Waals surface area contributed by atoms with Crippen LogP contribution in [0.1, 0.15) is 43.5 Å². The molecule has 3 aromatic heterocycles. The number of amides is 2. The molecule has 0 bridgehead atoms. The van der Waals surface area contributed by atoms with Gasteiger partial charge < -0.3 is 10.6 Å². The Hall–Kier alpha value is -3.92. The Bertz CT molecular complexity index is 1380. The Morgan fingerprint density at radius 3 is 2.09 bits per heavy atom. The zero-order chi connectivity index (χ0) is 24.6. The molecule has 0 atom stereocenters. The minimum Gasteiger partial charge on any atom is -0.319 e. The molecular weight excluding hydrogens is 456 g/mol. The predicted octanol–water partition coefficient (Wildman–Crippen LogP) is 3.48. The first-order valence-electron chi connectivity index (χ1n) is 10.6. The molecule has 2 N–H and O–H groups in total. The lowest BCUT2D eigenvalue weighted by atomic mass is 10.1. The zero-order valence-electron chi connectivity index (χ0n) is 19.5. The maximum Gasteiger partial charge on any atom is 0.276 e. The van der Waals surface area contributed by atoms with Crippen molar-refractivity contribution in [3.05, 3.63) is 75.6 Å². The molecule has 2 amide bonds. The van der Waals surface area contributed by atoms with Crippen LogP contribution in [-0.2, 0) is 20.6 Å². The molecule has 0 spiro atoms. The Morgan fingerprint density at radius 2 is 1.50 bits per heavy atom. The first kappa shape index (κ1) is 23.2. The average molecular weight is 481 g/mol. The van der Waals surface area contributed by atoms with E-state index in [1.165, 1.54) is 10.9 Å². The van der Waals surface area contributed by atoms with E-state index in [-0.39, 0.29) is 11.6 Å². The van der Waals surface area contributed by atoms with Gasteiger partial charge in [0.25, 0.3) is 11.8 Å². The Labute approximate surface area is 201 Å². The number of hydrogen-bond donors (Lipinski definition) is 2. The maximum atomic E-state index is 12.9. The Morgan fingerprint density at radius 1 is 0.882 bits per heavy atom. The third-order valence-electron chi connectivity index (χ3n) is 5.73. The van der Waals surface area contributed by atoms with Gasteiger partial charge in [-0.3, -0.25) is 23.6 Å². The number of anilines is 2. The van der Waals surface area contributed by atoms with Crippen LogP contribution in [0.4, 0.5) is 11.4 Å². The fourth-order valence-electron chi connectivity index (χ4n) is 3.56. The van der Waals surface area contributed by atoms with Crippen molar-refractivity contribution in [2.75, 3.05) is 10.6 Å². The van der Waals surface area contributed by atoms with Crippen LogP contribution in [0.2, 0.25) is 5.02 Å². The summed E-state index contributed by atoms with van der Waals surface area (Å²) in [6.45, 7) is 6.18. The largest absolute Gasteiger partial charge is 0.319 e. The molecular formula is C23H25ClN8O2. The first-order valence-corrected chi connectivity index (χ1v) is 10.9. The number of benzene rings is 1. The van der Waals surface area contributed by atoms with Crippen LogP contribution in [0.25, 0.3) is 0 Å². The van der Waals surface area contributed by atoms with Gasteiger partial charge in [0.05, 0.1) is 52.4 Å². The summed E-state index contributed by atoms with van der Waals surface area (Å²) >= 11 is 6.22. The molecule has 34 heavy (non-hydrogen) atoms. The number of hydrogen-bond acceptors (Lipinski definition) is 5. The lowest BCUT2D eigenvalue weighted by molar-refractivity contribution is 0.101. The van der Waals surface area contributed by atoms with Gasteiger partial charge in [-0.25, -0.2) is 0 Å². The molecule has 0 unspecified atom stereocenters. The van der Waals surface area contributed by atoms with E-state index in [0.29, 0.717) is 28.5 Å². The Balaban J connectivity index is 1.47. The molecule has 0 saturated heterocycles. The molecule has 0 aliphatic heterocycles. The van der Waals surface area contributed by atoms with Crippen molar-refractivity contribution in [1.29, 1.82) is 0 Å². The normalized spacial score (nSPS) is 11.0. The maximum absolute atomic E-state index is 12.9. The van der Waals surface area contributed by atoms with Gasteiger partial charge in [-0.15, -0.1) is 0 Å². The first-order chi connectivity index (χ1) is 16.2. The number of nitrogens with one attached hydrogen (secondary N) is 2. The molecule has 0 fully saturated rings. The third kappa shape index (κ3) is 4.44. The summed E-state index contributed by atoms with van der Waals surface area (Å²) in [5.74, 6) is -0.745. The monoisotopic (exact) mass is 480 g/mol. The van der Waals surface area contributed by atoms with Crippen molar-refractivity contribution >= 4 is 34.8 Å². The summed E-state index contributed by atoms with van der Waals surface area (Å²) in [5, 5.41) is 19.0. The summed E-state index contributed by atoms with van der Waals surface area (Å²) in [7, 11) is 3.43. The smallest absolute Gasteiger partial charge is 0.276 e. The van der Waals surface area contributed by atoms with Gasteiger partial charge in [0, 0.05) is 19.7 Å². The van der Waals surface area contributed by atoms with Crippen LogP contribution < -0.4 is 10.6 Å². The van der Waals surface area contributed by atoms with E-state index in [4.69, 9.17) is 11.6 Å². The summed E-state index contributed by atoms with van der Waals surface area (Å²) < 4.78 is 4.91. The number of nitrogens with zero attached hydrogens (tertiary/aromatic N) is 6. The molecule has 4 rings (SSSR count). The molecule has 0 radical (unpaired) electrons. The number of carbonyl (C=O) groups is 2. The van der Waals surface area contributed by atoms with E-state index in [0.717, 1.165) is 22.6 Å². The van der Waals surface area contributed by atoms with E-state index >= 15 is 0 Å². The summed E-state index contributed by atoms with van der Waals surface area (Å²) in [5.41, 5.74) is 5.05. The molecule has 0 saturated carbocycles. The highest BCUT2D eigenvalue weighted by Crippen LogP contribution is 2.21. The van der Waals surface area contributed by atoms with Crippen molar-refractivity contribution in [3.8, 4) is 0 Å². The van der Waals surface area contributed by atoms with Crippen LogP contribution >= 0.6 is 11.6 Å². The SMILES string of the molecule is Cc1nn(Cc2ccc(C(=O)Nc3cnn(C)c3C(=O)Nc3cnn(C)c3C)cc2)c(C)c1Cl. The van der Waals surface area contributed by atoms with E-state index in [9.17, 15) is 9.59 Å². The summed E-state index contributed by atoms with van der Waals surface area (Å²) in [6, 6.07) is 7.18. The third-order valence-corrected chi connectivity index (χ3v) is 6.27. The van der Waals surface area contributed by atoms with Crippen LogP contribution in [0.15, 0.2) is 36.7 Å². The van der Waals surface area contributed by atoms with Gasteiger partial charge in [-0.1, -0.05) is 23.7 Å². The van der Waals surface area contributed by atoms with Gasteiger partial charge in [-0.05, 0) is 38.5 Å². The lowest BCUT2D eigenvalue weighted by Crippen LogP contribution is -2.20. The molecule has 3 heterocycles. The van der Waals surface area contributed by atoms with Gasteiger partial charge >= 0.3 is 0 Å². The van der Waals surface area contributed by atoms with Crippen LogP contribution in [-0.4, -0.2) is 41.2 Å². The predicted molar refractivity (Wildman–Crippen MR) is 129 cm³/mol. The minimum absolute atomic E-state index is 0.231. The molecule has 0 aliphatic carbocycles. The van der Waals surface area contributed by atoms with Crippen molar-refractivity contribution in [1.82, 2.24) is 29.3 Å². The highest BCUT2D eigenvalue weighted by atomic mass is 35.5. The van der Waals surface area contributed by atoms with Crippen molar-refractivity contribution in [2.45, 2.75) is 27.3 Å². The molecule has 10 nitrogen and oxygen atoms in total. The van der Waals surface area contributed by atoms with Gasteiger partial charge in [0.1, 0.15) is 5.69 Å². The second-order valence-corrected chi connectivity index (χ2v) is 8.42. The average Bonchev–Trinajstić information content (AvgIpc) is 3.41. The van der Waals surface area contributed by atoms with Crippen molar-refractivity contribution in [2.24, 2.45) is 14.1 Å². The molecule has 4 aromatic rings. The van der Waals surface area contributed by atoms with Crippen molar-refractivity contribution < 1.29 is 9.59 Å². The lowest BCUT2D eigenvalue weighted by Gasteiger charge is -2.09. The zero-order valence-corrected chi connectivity index (χ0v) is 20.3. The van der Waals surface area contributed by atoms with Crippen LogP contribution in [0.5, 0.6) is 0 Å². The number of halogens is 1. The standard InChI is InChI=1S/C23H25ClN8O2/c1-13-20(24)15(3)32(29-13)12-16-6-8-17(9-7-16)22(33)28-19-11-26-31(5)21(19)23(34)27-18-10-25-30(4)14(18)2/h6-11H,12H2,1-5H3,(H,27,34)(H,28,33). The second kappa shape index (κ2) is 9.14. The quantitative estimate of drug-likeness (QED) is 0.439. The molecule has 1 aromatic carbocycles. The number of aromatic nitrogens is 6. The number of aryl methyl sites for hydroxylation is 3. The van der Waals surface area contributed by atoms with E-state index in [1.807, 2.05) is 37.6 Å².